The molecule has 3 aromatic rings. The van der Waals surface area contributed by atoms with Crippen molar-refractivity contribution in [1.29, 1.82) is 0 Å². The molecule has 0 aliphatic carbocycles. The fourth-order valence-corrected chi connectivity index (χ4v) is 2.75. The average Bonchev–Trinajstić information content (AvgIpc) is 3.01. The van der Waals surface area contributed by atoms with E-state index in [1.54, 1.807) is 0 Å². The highest BCUT2D eigenvalue weighted by molar-refractivity contribution is 5.71. The zero-order valence-corrected chi connectivity index (χ0v) is 13.5. The van der Waals surface area contributed by atoms with Gasteiger partial charge in [0.2, 0.25) is 5.82 Å². The van der Waals surface area contributed by atoms with E-state index in [0.717, 1.165) is 0 Å². The van der Waals surface area contributed by atoms with Crippen LogP contribution in [-0.2, 0) is 6.42 Å². The van der Waals surface area contributed by atoms with Gasteiger partial charge in [-0.1, -0.05) is 13.8 Å². The summed E-state index contributed by atoms with van der Waals surface area (Å²) in [5, 5.41) is 3.96. The third kappa shape index (κ3) is 2.63. The molecule has 0 fully saturated rings. The normalized spacial score (nSPS) is 11.7. The molecule has 0 radical (unpaired) electrons. The smallest absolute Gasteiger partial charge is 0.216 e. The molecular weight excluding hydrogens is 343 g/mol. The van der Waals surface area contributed by atoms with E-state index >= 15 is 0 Å². The fraction of sp³-hybridized carbons (Fsp3) is 0.312. The minimum Gasteiger partial charge on any atom is -0.216 e. The zero-order chi connectivity index (χ0) is 18.5. The van der Waals surface area contributed by atoms with Crippen LogP contribution in [0.1, 0.15) is 25.2 Å². The highest BCUT2D eigenvalue weighted by Crippen LogP contribution is 2.36. The number of halogens is 5. The summed E-state index contributed by atoms with van der Waals surface area (Å²) in [6.07, 6.45) is 1.48. The third-order valence-corrected chi connectivity index (χ3v) is 3.76. The Morgan fingerprint density at radius 3 is 2.04 bits per heavy atom. The van der Waals surface area contributed by atoms with Gasteiger partial charge in [0.25, 0.3) is 5.78 Å². The van der Waals surface area contributed by atoms with E-state index in [1.807, 2.05) is 13.8 Å². The van der Waals surface area contributed by atoms with Crippen molar-refractivity contribution in [2.24, 2.45) is 5.92 Å². The lowest BCUT2D eigenvalue weighted by atomic mass is 9.95. The number of benzene rings is 1. The lowest BCUT2D eigenvalue weighted by Crippen LogP contribution is -2.13. The van der Waals surface area contributed by atoms with Gasteiger partial charge in [-0.25, -0.2) is 31.5 Å². The summed E-state index contributed by atoms with van der Waals surface area (Å²) in [4.78, 5) is 7.98. The summed E-state index contributed by atoms with van der Waals surface area (Å²) >= 11 is 0. The van der Waals surface area contributed by atoms with Gasteiger partial charge < -0.3 is 0 Å². The van der Waals surface area contributed by atoms with Gasteiger partial charge in [-0.2, -0.15) is 10.1 Å². The van der Waals surface area contributed by atoms with Crippen LogP contribution in [0.15, 0.2) is 6.33 Å². The van der Waals surface area contributed by atoms with Gasteiger partial charge >= 0.3 is 0 Å². The van der Waals surface area contributed by atoms with Gasteiger partial charge in [-0.3, -0.25) is 0 Å². The molecule has 132 valence electrons. The number of rotatable bonds is 3. The molecule has 0 saturated heterocycles. The SMILES string of the molecule is Cc1nc2ncnn2c(CC(C)C)c1-c1c(F)c(F)c(F)c(F)c1F. The van der Waals surface area contributed by atoms with E-state index in [4.69, 9.17) is 0 Å². The summed E-state index contributed by atoms with van der Waals surface area (Å²) in [5.74, 6) is -9.78. The largest absolute Gasteiger partial charge is 0.252 e. The van der Waals surface area contributed by atoms with E-state index < -0.39 is 34.6 Å². The monoisotopic (exact) mass is 356 g/mol. The summed E-state index contributed by atoms with van der Waals surface area (Å²) in [7, 11) is 0. The van der Waals surface area contributed by atoms with Crippen molar-refractivity contribution in [3.8, 4) is 11.1 Å². The van der Waals surface area contributed by atoms with Crippen LogP contribution in [0.5, 0.6) is 0 Å². The molecule has 4 nitrogen and oxygen atoms in total. The Hall–Kier alpha value is -2.58. The van der Waals surface area contributed by atoms with Crippen LogP contribution in [0.25, 0.3) is 16.9 Å². The molecule has 9 heteroatoms. The van der Waals surface area contributed by atoms with E-state index in [-0.39, 0.29) is 35.1 Å². The Labute approximate surface area is 139 Å². The minimum absolute atomic E-state index is 0.0224. The Balaban J connectivity index is 2.46. The molecule has 3 rings (SSSR count). The standard InChI is InChI=1S/C16H13F5N4/c1-6(2)4-8-9(7(3)24-16-22-5-23-25(8)16)10-11(17)13(19)15(21)14(20)12(10)18/h5-6H,4H2,1-3H3. The Morgan fingerprint density at radius 2 is 1.48 bits per heavy atom. The van der Waals surface area contributed by atoms with Crippen LogP contribution in [-0.4, -0.2) is 19.6 Å². The van der Waals surface area contributed by atoms with Crippen molar-refractivity contribution in [3.05, 3.63) is 46.8 Å². The van der Waals surface area contributed by atoms with E-state index in [1.165, 1.54) is 17.8 Å². The Morgan fingerprint density at radius 1 is 0.920 bits per heavy atom. The van der Waals surface area contributed by atoms with Gasteiger partial charge in [0.15, 0.2) is 23.3 Å². The molecule has 0 aliphatic heterocycles. The second-order valence-corrected chi connectivity index (χ2v) is 6.03. The molecule has 2 heterocycles. The van der Waals surface area contributed by atoms with E-state index in [9.17, 15) is 22.0 Å². The lowest BCUT2D eigenvalue weighted by molar-refractivity contribution is 0.381. The first-order valence-electron chi connectivity index (χ1n) is 7.45. The van der Waals surface area contributed by atoms with E-state index in [2.05, 4.69) is 15.1 Å². The molecule has 0 aliphatic rings. The molecule has 0 amide bonds. The van der Waals surface area contributed by atoms with Crippen LogP contribution >= 0.6 is 0 Å². The Kier molecular flexibility index (Phi) is 4.18. The zero-order valence-electron chi connectivity index (χ0n) is 13.5. The van der Waals surface area contributed by atoms with Crippen molar-refractivity contribution >= 4 is 5.78 Å². The topological polar surface area (TPSA) is 43.1 Å². The summed E-state index contributed by atoms with van der Waals surface area (Å²) in [6, 6.07) is 0. The molecule has 25 heavy (non-hydrogen) atoms. The first-order chi connectivity index (χ1) is 11.7. The summed E-state index contributed by atoms with van der Waals surface area (Å²) < 4.78 is 70.5. The molecule has 1 aromatic carbocycles. The first-order valence-corrected chi connectivity index (χ1v) is 7.45. The number of hydrogen-bond donors (Lipinski definition) is 0. The quantitative estimate of drug-likeness (QED) is 0.405. The number of aromatic nitrogens is 4. The molecular formula is C16H13F5N4. The van der Waals surface area contributed by atoms with Crippen LogP contribution in [0, 0.1) is 41.9 Å². The number of nitrogens with zero attached hydrogens (tertiary/aromatic N) is 4. The second kappa shape index (κ2) is 6.05. The van der Waals surface area contributed by atoms with Crippen molar-refractivity contribution in [2.45, 2.75) is 27.2 Å². The van der Waals surface area contributed by atoms with Gasteiger partial charge in [-0.15, -0.1) is 0 Å². The third-order valence-electron chi connectivity index (χ3n) is 3.76. The highest BCUT2D eigenvalue weighted by Gasteiger charge is 2.30. The van der Waals surface area contributed by atoms with Gasteiger partial charge in [0.1, 0.15) is 6.33 Å². The van der Waals surface area contributed by atoms with Gasteiger partial charge in [0.05, 0.1) is 17.0 Å². The maximum Gasteiger partial charge on any atom is 0.252 e. The summed E-state index contributed by atoms with van der Waals surface area (Å²) in [6.45, 7) is 5.12. The molecule has 0 saturated carbocycles. The molecule has 0 unspecified atom stereocenters. The molecule has 0 spiro atoms. The van der Waals surface area contributed by atoms with Gasteiger partial charge in [-0.05, 0) is 19.3 Å². The van der Waals surface area contributed by atoms with Crippen molar-refractivity contribution in [2.75, 3.05) is 0 Å². The van der Waals surface area contributed by atoms with Crippen molar-refractivity contribution in [1.82, 2.24) is 19.6 Å². The predicted molar refractivity (Wildman–Crippen MR) is 79.3 cm³/mol. The predicted octanol–water partition coefficient (Wildman–Crippen LogP) is 3.99. The highest BCUT2D eigenvalue weighted by atomic mass is 19.2. The maximum atomic E-state index is 14.3. The second-order valence-electron chi connectivity index (χ2n) is 6.03. The maximum absolute atomic E-state index is 14.3. The van der Waals surface area contributed by atoms with Crippen molar-refractivity contribution < 1.29 is 22.0 Å². The van der Waals surface area contributed by atoms with Crippen LogP contribution in [0.2, 0.25) is 0 Å². The first kappa shape index (κ1) is 17.2. The molecule has 0 N–H and O–H groups in total. The van der Waals surface area contributed by atoms with Crippen LogP contribution in [0.3, 0.4) is 0 Å². The van der Waals surface area contributed by atoms with Gasteiger partial charge in [0, 0.05) is 5.56 Å². The Bertz CT molecular complexity index is 952. The average molecular weight is 356 g/mol. The van der Waals surface area contributed by atoms with E-state index in [0.29, 0.717) is 0 Å². The van der Waals surface area contributed by atoms with Crippen LogP contribution in [0.4, 0.5) is 22.0 Å². The molecule has 0 atom stereocenters. The number of fused-ring (bicyclic) bond motifs is 1. The van der Waals surface area contributed by atoms with Crippen LogP contribution < -0.4 is 0 Å². The fourth-order valence-electron chi connectivity index (χ4n) is 2.75. The van der Waals surface area contributed by atoms with Crippen molar-refractivity contribution in [3.63, 3.8) is 0 Å². The lowest BCUT2D eigenvalue weighted by Gasteiger charge is -2.17. The summed E-state index contributed by atoms with van der Waals surface area (Å²) in [5.41, 5.74) is -0.800. The number of hydrogen-bond acceptors (Lipinski definition) is 3. The minimum atomic E-state index is -2.20. The molecule has 0 bridgehead atoms. The number of aryl methyl sites for hydroxylation is 1. The molecule has 2 aromatic heterocycles.